The van der Waals surface area contributed by atoms with Crippen molar-refractivity contribution in [1.29, 1.82) is 0 Å². The van der Waals surface area contributed by atoms with E-state index in [0.29, 0.717) is 6.54 Å². The molecule has 20 heavy (non-hydrogen) atoms. The highest BCUT2D eigenvalue weighted by atomic mass is 15.4. The molecule has 0 aliphatic carbocycles. The Morgan fingerprint density at radius 2 is 1.95 bits per heavy atom. The molecule has 0 fully saturated rings. The first-order valence-electron chi connectivity index (χ1n) is 7.03. The van der Waals surface area contributed by atoms with Crippen LogP contribution in [0.15, 0.2) is 12.5 Å². The van der Waals surface area contributed by atoms with Crippen LogP contribution in [0.2, 0.25) is 0 Å². The average molecular weight is 276 g/mol. The molecule has 2 aromatic heterocycles. The number of hydrogen-bond acceptors (Lipinski definition) is 4. The molecular weight excluding hydrogens is 252 g/mol. The Bertz CT molecular complexity index is 560. The van der Waals surface area contributed by atoms with Crippen molar-refractivity contribution in [2.45, 2.75) is 59.8 Å². The minimum absolute atomic E-state index is 0.108. The fourth-order valence-electron chi connectivity index (χ4n) is 1.99. The lowest BCUT2D eigenvalue weighted by Gasteiger charge is -2.20. The first-order chi connectivity index (χ1) is 9.40. The molecule has 0 saturated heterocycles. The predicted molar refractivity (Wildman–Crippen MR) is 78.4 cm³/mol. The third kappa shape index (κ3) is 3.45. The smallest absolute Gasteiger partial charge is 0.148 e. The van der Waals surface area contributed by atoms with Gasteiger partial charge in [0.15, 0.2) is 0 Å². The predicted octanol–water partition coefficient (Wildman–Crippen LogP) is 1.74. The van der Waals surface area contributed by atoms with Gasteiger partial charge in [-0.3, -0.25) is 4.68 Å². The lowest BCUT2D eigenvalue weighted by Crippen LogP contribution is -2.35. The van der Waals surface area contributed by atoms with E-state index in [2.05, 4.69) is 55.1 Å². The van der Waals surface area contributed by atoms with Crippen LogP contribution in [0.4, 0.5) is 0 Å². The van der Waals surface area contributed by atoms with Crippen molar-refractivity contribution >= 4 is 0 Å². The number of nitrogens with one attached hydrogen (secondary N) is 1. The number of aryl methyl sites for hydroxylation is 1. The van der Waals surface area contributed by atoms with Gasteiger partial charge in [-0.15, -0.1) is 0 Å². The van der Waals surface area contributed by atoms with Crippen molar-refractivity contribution in [3.63, 3.8) is 0 Å². The molecule has 2 rings (SSSR count). The van der Waals surface area contributed by atoms with Crippen LogP contribution < -0.4 is 5.32 Å². The second-order valence-electron chi connectivity index (χ2n) is 6.01. The van der Waals surface area contributed by atoms with Crippen LogP contribution in [0.5, 0.6) is 0 Å². The molecule has 0 spiro atoms. The van der Waals surface area contributed by atoms with Gasteiger partial charge in [0.2, 0.25) is 0 Å². The van der Waals surface area contributed by atoms with Crippen LogP contribution in [0.1, 0.15) is 44.8 Å². The van der Waals surface area contributed by atoms with Gasteiger partial charge in [0.25, 0.3) is 0 Å². The van der Waals surface area contributed by atoms with Crippen LogP contribution in [0.25, 0.3) is 0 Å². The van der Waals surface area contributed by atoms with Gasteiger partial charge in [-0.25, -0.2) is 9.67 Å². The molecule has 0 bridgehead atoms. The normalized spacial score (nSPS) is 12.1. The second kappa shape index (κ2) is 5.75. The molecular formula is C14H24N6. The maximum atomic E-state index is 4.46. The molecule has 0 aliphatic heterocycles. The van der Waals surface area contributed by atoms with E-state index in [1.807, 2.05) is 15.6 Å². The Kier molecular flexibility index (Phi) is 4.23. The summed E-state index contributed by atoms with van der Waals surface area (Å²) in [6.45, 7) is 13.0. The summed E-state index contributed by atoms with van der Waals surface area (Å²) in [4.78, 5) is 4.29. The molecule has 2 aromatic rings. The Hall–Kier alpha value is -1.69. The zero-order valence-corrected chi connectivity index (χ0v) is 13.0. The van der Waals surface area contributed by atoms with Gasteiger partial charge in [-0.1, -0.05) is 0 Å². The molecule has 0 radical (unpaired) electrons. The van der Waals surface area contributed by atoms with Crippen molar-refractivity contribution in [2.24, 2.45) is 0 Å². The van der Waals surface area contributed by atoms with Crippen molar-refractivity contribution in [3.8, 4) is 0 Å². The minimum Gasteiger partial charge on any atom is -0.308 e. The van der Waals surface area contributed by atoms with Gasteiger partial charge in [-0.05, 0) is 34.6 Å². The molecule has 0 atom stereocenters. The molecule has 1 N–H and O–H groups in total. The maximum Gasteiger partial charge on any atom is 0.148 e. The summed E-state index contributed by atoms with van der Waals surface area (Å²) >= 11 is 0. The van der Waals surface area contributed by atoms with Gasteiger partial charge < -0.3 is 5.32 Å². The number of rotatable bonds is 5. The summed E-state index contributed by atoms with van der Waals surface area (Å²) in [6.07, 6.45) is 3.53. The summed E-state index contributed by atoms with van der Waals surface area (Å²) < 4.78 is 3.88. The van der Waals surface area contributed by atoms with E-state index >= 15 is 0 Å². The Morgan fingerprint density at radius 1 is 1.20 bits per heavy atom. The highest BCUT2D eigenvalue weighted by Gasteiger charge is 2.13. The molecule has 6 nitrogen and oxygen atoms in total. The quantitative estimate of drug-likeness (QED) is 0.903. The van der Waals surface area contributed by atoms with E-state index in [1.54, 1.807) is 6.33 Å². The zero-order chi connectivity index (χ0) is 14.8. The van der Waals surface area contributed by atoms with Crippen molar-refractivity contribution in [1.82, 2.24) is 29.9 Å². The fourth-order valence-corrected chi connectivity index (χ4v) is 1.99. The lowest BCUT2D eigenvalue weighted by atomic mass is 10.1. The minimum atomic E-state index is 0.108. The molecule has 0 saturated carbocycles. The first kappa shape index (κ1) is 14.7. The molecule has 0 aromatic carbocycles. The standard InChI is InChI=1S/C14H24N6/c1-6-19-13(15-10-18-19)9-20-11(2)12(8-17-20)7-16-14(3,4)5/h8,10,16H,6-7,9H2,1-5H3. The number of nitrogens with zero attached hydrogens (tertiary/aromatic N) is 5. The van der Waals surface area contributed by atoms with Gasteiger partial charge in [0.05, 0.1) is 6.20 Å². The zero-order valence-electron chi connectivity index (χ0n) is 13.0. The molecule has 2 heterocycles. The fraction of sp³-hybridized carbons (Fsp3) is 0.643. The summed E-state index contributed by atoms with van der Waals surface area (Å²) in [5.74, 6) is 0.939. The molecule has 0 unspecified atom stereocenters. The maximum absolute atomic E-state index is 4.46. The van der Waals surface area contributed by atoms with E-state index in [-0.39, 0.29) is 5.54 Å². The molecule has 6 heteroatoms. The summed E-state index contributed by atoms with van der Waals surface area (Å²) in [7, 11) is 0. The lowest BCUT2D eigenvalue weighted by molar-refractivity contribution is 0.423. The van der Waals surface area contributed by atoms with Crippen molar-refractivity contribution < 1.29 is 0 Å². The second-order valence-corrected chi connectivity index (χ2v) is 6.01. The van der Waals surface area contributed by atoms with Crippen LogP contribution >= 0.6 is 0 Å². The highest BCUT2D eigenvalue weighted by Crippen LogP contribution is 2.11. The monoisotopic (exact) mass is 276 g/mol. The summed E-state index contributed by atoms with van der Waals surface area (Å²) in [6, 6.07) is 0. The van der Waals surface area contributed by atoms with Crippen LogP contribution in [-0.2, 0) is 19.6 Å². The summed E-state index contributed by atoms with van der Waals surface area (Å²) in [5.41, 5.74) is 2.51. The molecule has 110 valence electrons. The van der Waals surface area contributed by atoms with Crippen molar-refractivity contribution in [3.05, 3.63) is 29.6 Å². The van der Waals surface area contributed by atoms with E-state index < -0.39 is 0 Å². The van der Waals surface area contributed by atoms with Crippen LogP contribution in [0, 0.1) is 6.92 Å². The van der Waals surface area contributed by atoms with Gasteiger partial charge in [-0.2, -0.15) is 10.2 Å². The Balaban J connectivity index is 2.09. The molecule has 0 amide bonds. The van der Waals surface area contributed by atoms with E-state index in [0.717, 1.165) is 18.9 Å². The molecule has 0 aliphatic rings. The van der Waals surface area contributed by atoms with Crippen LogP contribution in [0.3, 0.4) is 0 Å². The number of aromatic nitrogens is 5. The van der Waals surface area contributed by atoms with E-state index in [4.69, 9.17) is 0 Å². The highest BCUT2D eigenvalue weighted by molar-refractivity contribution is 5.16. The SMILES string of the molecule is CCn1ncnc1Cn1ncc(CNC(C)(C)C)c1C. The average Bonchev–Trinajstić information content (AvgIpc) is 2.95. The third-order valence-electron chi connectivity index (χ3n) is 3.30. The first-order valence-corrected chi connectivity index (χ1v) is 7.03. The van der Waals surface area contributed by atoms with Gasteiger partial charge >= 0.3 is 0 Å². The topological polar surface area (TPSA) is 60.6 Å². The van der Waals surface area contributed by atoms with Crippen molar-refractivity contribution in [2.75, 3.05) is 0 Å². The Morgan fingerprint density at radius 3 is 2.60 bits per heavy atom. The van der Waals surface area contributed by atoms with Gasteiger partial charge in [0.1, 0.15) is 18.7 Å². The van der Waals surface area contributed by atoms with Gasteiger partial charge in [0, 0.05) is 29.9 Å². The Labute approximate surface area is 120 Å². The largest absolute Gasteiger partial charge is 0.308 e. The number of hydrogen-bond donors (Lipinski definition) is 1. The van der Waals surface area contributed by atoms with E-state index in [9.17, 15) is 0 Å². The summed E-state index contributed by atoms with van der Waals surface area (Å²) in [5, 5.41) is 12.1. The van der Waals surface area contributed by atoms with E-state index in [1.165, 1.54) is 11.3 Å². The third-order valence-corrected chi connectivity index (χ3v) is 3.30. The van der Waals surface area contributed by atoms with Crippen LogP contribution in [-0.4, -0.2) is 30.1 Å².